The molecule has 0 aliphatic carbocycles. The fourth-order valence-electron chi connectivity index (χ4n) is 1.82. The summed E-state index contributed by atoms with van der Waals surface area (Å²) in [6.45, 7) is 7.06. The number of halogens is 1. The van der Waals surface area contributed by atoms with E-state index in [1.165, 1.54) is 0 Å². The maximum atomic E-state index is 5.73. The molecular formula is C16H20BrNO2. The highest BCUT2D eigenvalue weighted by atomic mass is 79.9. The fourth-order valence-corrected chi connectivity index (χ4v) is 2.14. The summed E-state index contributed by atoms with van der Waals surface area (Å²) in [6.07, 6.45) is 0. The van der Waals surface area contributed by atoms with Crippen LogP contribution in [-0.4, -0.2) is 6.61 Å². The summed E-state index contributed by atoms with van der Waals surface area (Å²) in [7, 11) is 0. The summed E-state index contributed by atoms with van der Waals surface area (Å²) in [5.74, 6) is 2.30. The van der Waals surface area contributed by atoms with Crippen molar-refractivity contribution >= 4 is 21.6 Å². The molecular weight excluding hydrogens is 318 g/mol. The summed E-state index contributed by atoms with van der Waals surface area (Å²) >= 11 is 3.32. The van der Waals surface area contributed by atoms with Gasteiger partial charge in [0.15, 0.2) is 4.67 Å². The Hall–Kier alpha value is -1.42. The molecule has 108 valence electrons. The summed E-state index contributed by atoms with van der Waals surface area (Å²) in [5, 5.41) is 3.40. The van der Waals surface area contributed by atoms with Gasteiger partial charge in [-0.05, 0) is 53.0 Å². The van der Waals surface area contributed by atoms with E-state index in [1.807, 2.05) is 36.4 Å². The molecule has 1 N–H and O–H groups in total. The molecule has 0 saturated heterocycles. The molecule has 0 amide bonds. The monoisotopic (exact) mass is 337 g/mol. The van der Waals surface area contributed by atoms with Gasteiger partial charge in [-0.2, -0.15) is 0 Å². The van der Waals surface area contributed by atoms with E-state index in [0.717, 1.165) is 28.5 Å². The van der Waals surface area contributed by atoms with Crippen LogP contribution in [0.3, 0.4) is 0 Å². The molecule has 1 aromatic heterocycles. The van der Waals surface area contributed by atoms with E-state index < -0.39 is 0 Å². The van der Waals surface area contributed by atoms with E-state index >= 15 is 0 Å². The van der Waals surface area contributed by atoms with Gasteiger partial charge in [-0.15, -0.1) is 0 Å². The van der Waals surface area contributed by atoms with Crippen LogP contribution in [0.5, 0.6) is 5.75 Å². The number of hydrogen-bond donors (Lipinski definition) is 1. The van der Waals surface area contributed by atoms with Crippen LogP contribution in [0, 0.1) is 5.92 Å². The first-order valence-corrected chi connectivity index (χ1v) is 7.58. The lowest BCUT2D eigenvalue weighted by atomic mass is 10.2. The number of anilines is 1. The second kappa shape index (κ2) is 6.84. The summed E-state index contributed by atoms with van der Waals surface area (Å²) in [6, 6.07) is 12.0. The van der Waals surface area contributed by atoms with Crippen molar-refractivity contribution in [2.24, 2.45) is 5.92 Å². The first kappa shape index (κ1) is 15.0. The molecule has 0 fully saturated rings. The van der Waals surface area contributed by atoms with E-state index in [9.17, 15) is 0 Å². The van der Waals surface area contributed by atoms with Crippen molar-refractivity contribution < 1.29 is 9.15 Å². The summed E-state index contributed by atoms with van der Waals surface area (Å²) < 4.78 is 12.0. The number of benzene rings is 1. The number of rotatable bonds is 6. The standard InChI is InChI=1S/C16H20BrNO2/c1-11(2)10-19-14-6-4-5-13(9-14)18-12(3)15-7-8-16(17)20-15/h4-9,11-12,18H,10H2,1-3H3. The van der Waals surface area contributed by atoms with Gasteiger partial charge in [-0.25, -0.2) is 0 Å². The van der Waals surface area contributed by atoms with Gasteiger partial charge in [0.2, 0.25) is 0 Å². The molecule has 0 aliphatic heterocycles. The van der Waals surface area contributed by atoms with E-state index in [2.05, 4.69) is 42.0 Å². The Bertz CT molecular complexity index is 551. The van der Waals surface area contributed by atoms with Crippen LogP contribution < -0.4 is 10.1 Å². The van der Waals surface area contributed by atoms with Crippen LogP contribution in [0.2, 0.25) is 0 Å². The Balaban J connectivity index is 2.00. The number of furan rings is 1. The zero-order valence-corrected chi connectivity index (χ0v) is 13.6. The maximum absolute atomic E-state index is 5.73. The third-order valence-corrected chi connectivity index (χ3v) is 3.25. The number of nitrogens with one attached hydrogen (secondary N) is 1. The van der Waals surface area contributed by atoms with Crippen LogP contribution in [0.1, 0.15) is 32.6 Å². The minimum absolute atomic E-state index is 0.0987. The van der Waals surface area contributed by atoms with Crippen LogP contribution in [0.15, 0.2) is 45.5 Å². The van der Waals surface area contributed by atoms with Crippen molar-refractivity contribution in [1.29, 1.82) is 0 Å². The Labute approximate surface area is 128 Å². The molecule has 1 unspecified atom stereocenters. The highest BCUT2D eigenvalue weighted by Gasteiger charge is 2.10. The Morgan fingerprint density at radius 2 is 2.00 bits per heavy atom. The van der Waals surface area contributed by atoms with Crippen molar-refractivity contribution in [3.8, 4) is 5.75 Å². The molecule has 3 nitrogen and oxygen atoms in total. The Morgan fingerprint density at radius 3 is 2.65 bits per heavy atom. The molecule has 4 heteroatoms. The third-order valence-electron chi connectivity index (χ3n) is 2.82. The molecule has 20 heavy (non-hydrogen) atoms. The fraction of sp³-hybridized carbons (Fsp3) is 0.375. The van der Waals surface area contributed by atoms with Crippen molar-refractivity contribution in [1.82, 2.24) is 0 Å². The largest absolute Gasteiger partial charge is 0.493 e. The molecule has 0 saturated carbocycles. The average Bonchev–Trinajstić information content (AvgIpc) is 2.84. The van der Waals surface area contributed by atoms with Gasteiger partial charge in [0.25, 0.3) is 0 Å². The topological polar surface area (TPSA) is 34.4 Å². The van der Waals surface area contributed by atoms with Gasteiger partial charge < -0.3 is 14.5 Å². The van der Waals surface area contributed by atoms with Crippen molar-refractivity contribution in [2.75, 3.05) is 11.9 Å². The number of hydrogen-bond acceptors (Lipinski definition) is 3. The summed E-state index contributed by atoms with van der Waals surface area (Å²) in [4.78, 5) is 0. The van der Waals surface area contributed by atoms with Gasteiger partial charge in [-0.3, -0.25) is 0 Å². The van der Waals surface area contributed by atoms with Crippen LogP contribution in [0.4, 0.5) is 5.69 Å². The van der Waals surface area contributed by atoms with Crippen LogP contribution >= 0.6 is 15.9 Å². The predicted molar refractivity (Wildman–Crippen MR) is 85.2 cm³/mol. The van der Waals surface area contributed by atoms with Crippen LogP contribution in [-0.2, 0) is 0 Å². The summed E-state index contributed by atoms with van der Waals surface area (Å²) in [5.41, 5.74) is 1.02. The SMILES string of the molecule is CC(C)COc1cccc(NC(C)c2ccc(Br)o2)c1. The molecule has 1 heterocycles. The Kier molecular flexibility index (Phi) is 5.12. The molecule has 2 aromatic rings. The molecule has 1 aromatic carbocycles. The molecule has 1 atom stereocenters. The second-order valence-electron chi connectivity index (χ2n) is 5.24. The quantitative estimate of drug-likeness (QED) is 0.781. The van der Waals surface area contributed by atoms with Crippen molar-refractivity contribution in [3.63, 3.8) is 0 Å². The highest BCUT2D eigenvalue weighted by Crippen LogP contribution is 2.25. The smallest absolute Gasteiger partial charge is 0.169 e. The maximum Gasteiger partial charge on any atom is 0.169 e. The zero-order chi connectivity index (χ0) is 14.5. The van der Waals surface area contributed by atoms with Crippen molar-refractivity contribution in [3.05, 3.63) is 46.8 Å². The highest BCUT2D eigenvalue weighted by molar-refractivity contribution is 9.10. The van der Waals surface area contributed by atoms with E-state index in [4.69, 9.17) is 9.15 Å². The second-order valence-corrected chi connectivity index (χ2v) is 6.02. The first-order chi connectivity index (χ1) is 9.54. The van der Waals surface area contributed by atoms with Gasteiger partial charge in [0, 0.05) is 11.8 Å². The van der Waals surface area contributed by atoms with E-state index in [-0.39, 0.29) is 6.04 Å². The van der Waals surface area contributed by atoms with Gasteiger partial charge in [0.1, 0.15) is 11.5 Å². The third kappa shape index (κ3) is 4.30. The molecule has 0 bridgehead atoms. The average molecular weight is 338 g/mol. The lowest BCUT2D eigenvalue weighted by molar-refractivity contribution is 0.271. The first-order valence-electron chi connectivity index (χ1n) is 6.79. The van der Waals surface area contributed by atoms with Gasteiger partial charge >= 0.3 is 0 Å². The minimum Gasteiger partial charge on any atom is -0.493 e. The van der Waals surface area contributed by atoms with Crippen molar-refractivity contribution in [2.45, 2.75) is 26.8 Å². The molecule has 0 radical (unpaired) electrons. The van der Waals surface area contributed by atoms with E-state index in [0.29, 0.717) is 5.92 Å². The normalized spacial score (nSPS) is 12.4. The number of ether oxygens (including phenoxy) is 1. The molecule has 0 spiro atoms. The molecule has 0 aliphatic rings. The minimum atomic E-state index is 0.0987. The predicted octanol–water partition coefficient (Wildman–Crippen LogP) is 5.25. The van der Waals surface area contributed by atoms with Gasteiger partial charge in [0.05, 0.1) is 12.6 Å². The lowest BCUT2D eigenvalue weighted by Gasteiger charge is -2.14. The van der Waals surface area contributed by atoms with E-state index in [1.54, 1.807) is 0 Å². The zero-order valence-electron chi connectivity index (χ0n) is 12.0. The Morgan fingerprint density at radius 1 is 1.20 bits per heavy atom. The van der Waals surface area contributed by atoms with Crippen LogP contribution in [0.25, 0.3) is 0 Å². The molecule has 2 rings (SSSR count). The van der Waals surface area contributed by atoms with Gasteiger partial charge in [-0.1, -0.05) is 19.9 Å². The lowest BCUT2D eigenvalue weighted by Crippen LogP contribution is -2.07.